The number of unbranched alkanes of at least 4 members (excludes halogenated alkanes) is 1. The molecule has 0 aliphatic heterocycles. The Labute approximate surface area is 65.2 Å². The van der Waals surface area contributed by atoms with Gasteiger partial charge in [-0.05, 0) is 43.4 Å². The summed E-state index contributed by atoms with van der Waals surface area (Å²) in [6, 6.07) is 2.07. The highest BCUT2D eigenvalue weighted by molar-refractivity contribution is 7.03. The lowest BCUT2D eigenvalue weighted by atomic mass is 10.2. The van der Waals surface area contributed by atoms with Crippen LogP contribution < -0.4 is 5.73 Å². The van der Waals surface area contributed by atoms with Crippen molar-refractivity contribution < 1.29 is 0 Å². The number of nitrogens with two attached hydrogens (primary N) is 1. The molecule has 2 nitrogen and oxygen atoms in total. The highest BCUT2D eigenvalue weighted by Crippen LogP contribution is 2.03. The maximum Gasteiger partial charge on any atom is 0.0542 e. The molecule has 1 heterocycles. The fourth-order valence-electron chi connectivity index (χ4n) is 0.817. The summed E-state index contributed by atoms with van der Waals surface area (Å²) in [6.07, 6.45) is 3.36. The quantitative estimate of drug-likeness (QED) is 0.670. The molecule has 0 saturated heterocycles. The van der Waals surface area contributed by atoms with Gasteiger partial charge in [0.25, 0.3) is 0 Å². The van der Waals surface area contributed by atoms with Gasteiger partial charge in [0.2, 0.25) is 0 Å². The Balaban J connectivity index is 2.15. The summed E-state index contributed by atoms with van der Waals surface area (Å²) in [5, 5.41) is 2.01. The van der Waals surface area contributed by atoms with Crippen LogP contribution in [0.4, 0.5) is 0 Å². The summed E-state index contributed by atoms with van der Waals surface area (Å²) >= 11 is 1.52. The third kappa shape index (κ3) is 2.45. The molecule has 0 bridgehead atoms. The molecule has 10 heavy (non-hydrogen) atoms. The fourth-order valence-corrected chi connectivity index (χ4v) is 1.38. The molecule has 0 aromatic carbocycles. The van der Waals surface area contributed by atoms with Crippen molar-refractivity contribution in [2.24, 2.45) is 5.73 Å². The zero-order valence-corrected chi connectivity index (χ0v) is 6.73. The van der Waals surface area contributed by atoms with Crippen molar-refractivity contribution in [3.05, 3.63) is 17.1 Å². The minimum absolute atomic E-state index is 0.796. The van der Waals surface area contributed by atoms with Crippen molar-refractivity contribution in [3.63, 3.8) is 0 Å². The second-order valence-electron chi connectivity index (χ2n) is 2.24. The largest absolute Gasteiger partial charge is 0.330 e. The van der Waals surface area contributed by atoms with Crippen LogP contribution in [0.15, 0.2) is 11.4 Å². The summed E-state index contributed by atoms with van der Waals surface area (Å²) in [5.41, 5.74) is 6.56. The molecule has 0 atom stereocenters. The monoisotopic (exact) mass is 156 g/mol. The van der Waals surface area contributed by atoms with E-state index < -0.39 is 0 Å². The highest BCUT2D eigenvalue weighted by atomic mass is 32.1. The molecule has 0 unspecified atom stereocenters. The number of hydrogen-bond donors (Lipinski definition) is 1. The lowest BCUT2D eigenvalue weighted by Gasteiger charge is -1.92. The minimum Gasteiger partial charge on any atom is -0.330 e. The van der Waals surface area contributed by atoms with Crippen LogP contribution in [0.1, 0.15) is 18.5 Å². The van der Waals surface area contributed by atoms with E-state index >= 15 is 0 Å². The van der Waals surface area contributed by atoms with Gasteiger partial charge in [-0.15, -0.1) is 0 Å². The topological polar surface area (TPSA) is 38.9 Å². The van der Waals surface area contributed by atoms with E-state index in [1.54, 1.807) is 0 Å². The van der Waals surface area contributed by atoms with Crippen molar-refractivity contribution in [2.45, 2.75) is 19.3 Å². The minimum atomic E-state index is 0.796. The molecule has 3 heteroatoms. The summed E-state index contributed by atoms with van der Waals surface area (Å²) in [5.74, 6) is 0. The van der Waals surface area contributed by atoms with Crippen molar-refractivity contribution in [1.29, 1.82) is 0 Å². The van der Waals surface area contributed by atoms with Crippen LogP contribution >= 0.6 is 11.5 Å². The molecule has 2 N–H and O–H groups in total. The van der Waals surface area contributed by atoms with Crippen LogP contribution in [0.5, 0.6) is 0 Å². The summed E-state index contributed by atoms with van der Waals surface area (Å²) in [7, 11) is 0. The standard InChI is InChI=1S/C7H12N2S/c8-5-2-1-3-7-4-6-10-9-7/h4,6H,1-3,5,8H2. The first kappa shape index (κ1) is 7.69. The van der Waals surface area contributed by atoms with Gasteiger partial charge in [-0.2, -0.15) is 4.37 Å². The van der Waals surface area contributed by atoms with E-state index in [1.807, 2.05) is 5.38 Å². The van der Waals surface area contributed by atoms with Gasteiger partial charge in [0.05, 0.1) is 5.69 Å². The number of nitrogens with zero attached hydrogens (tertiary/aromatic N) is 1. The van der Waals surface area contributed by atoms with Gasteiger partial charge >= 0.3 is 0 Å². The number of aryl methyl sites for hydroxylation is 1. The number of aromatic nitrogens is 1. The SMILES string of the molecule is NCCCCc1ccsn1. The average molecular weight is 156 g/mol. The molecular weight excluding hydrogens is 144 g/mol. The first-order valence-corrected chi connectivity index (χ1v) is 4.36. The normalized spacial score (nSPS) is 10.1. The third-order valence-electron chi connectivity index (χ3n) is 1.38. The molecule has 0 spiro atoms. The smallest absolute Gasteiger partial charge is 0.0542 e. The molecule has 0 saturated carbocycles. The van der Waals surface area contributed by atoms with E-state index in [1.165, 1.54) is 23.6 Å². The van der Waals surface area contributed by atoms with Crippen LogP contribution in [0.2, 0.25) is 0 Å². The van der Waals surface area contributed by atoms with Crippen molar-refractivity contribution >= 4 is 11.5 Å². The Kier molecular flexibility index (Phi) is 3.40. The maximum absolute atomic E-state index is 5.35. The van der Waals surface area contributed by atoms with E-state index in [9.17, 15) is 0 Å². The Hall–Kier alpha value is -0.410. The fraction of sp³-hybridized carbons (Fsp3) is 0.571. The second kappa shape index (κ2) is 4.41. The third-order valence-corrected chi connectivity index (χ3v) is 1.98. The number of rotatable bonds is 4. The highest BCUT2D eigenvalue weighted by Gasteiger charge is 1.92. The average Bonchev–Trinajstić information content (AvgIpc) is 2.41. The lowest BCUT2D eigenvalue weighted by molar-refractivity contribution is 0.737. The zero-order chi connectivity index (χ0) is 7.23. The van der Waals surface area contributed by atoms with E-state index in [4.69, 9.17) is 5.73 Å². The predicted molar refractivity (Wildman–Crippen MR) is 44.1 cm³/mol. The molecule has 56 valence electrons. The Morgan fingerprint density at radius 2 is 2.40 bits per heavy atom. The summed E-state index contributed by atoms with van der Waals surface area (Å²) in [6.45, 7) is 0.796. The van der Waals surface area contributed by atoms with Gasteiger partial charge < -0.3 is 5.73 Å². The molecule has 1 rings (SSSR count). The van der Waals surface area contributed by atoms with Crippen molar-refractivity contribution in [2.75, 3.05) is 6.54 Å². The molecule has 1 aromatic heterocycles. The van der Waals surface area contributed by atoms with E-state index in [0.29, 0.717) is 0 Å². The maximum atomic E-state index is 5.35. The Morgan fingerprint density at radius 3 is 3.00 bits per heavy atom. The van der Waals surface area contributed by atoms with Crippen LogP contribution in [0.25, 0.3) is 0 Å². The Morgan fingerprint density at radius 1 is 1.50 bits per heavy atom. The van der Waals surface area contributed by atoms with Crippen LogP contribution in [0, 0.1) is 0 Å². The van der Waals surface area contributed by atoms with E-state index in [0.717, 1.165) is 19.4 Å². The van der Waals surface area contributed by atoms with Gasteiger partial charge in [-0.1, -0.05) is 0 Å². The van der Waals surface area contributed by atoms with Gasteiger partial charge in [-0.25, -0.2) is 0 Å². The van der Waals surface area contributed by atoms with E-state index in [2.05, 4.69) is 10.4 Å². The van der Waals surface area contributed by atoms with Crippen molar-refractivity contribution in [1.82, 2.24) is 4.37 Å². The Bertz CT molecular complexity index is 160. The zero-order valence-electron chi connectivity index (χ0n) is 5.92. The molecule has 0 amide bonds. The molecule has 0 aliphatic rings. The molecule has 0 radical (unpaired) electrons. The van der Waals surface area contributed by atoms with E-state index in [-0.39, 0.29) is 0 Å². The predicted octanol–water partition coefficient (Wildman–Crippen LogP) is 1.42. The van der Waals surface area contributed by atoms with Gasteiger partial charge in [0, 0.05) is 5.38 Å². The molecular formula is C7H12N2S. The summed E-state index contributed by atoms with van der Waals surface area (Å²) in [4.78, 5) is 0. The van der Waals surface area contributed by atoms with Crippen LogP contribution in [-0.4, -0.2) is 10.9 Å². The second-order valence-corrected chi connectivity index (χ2v) is 2.90. The van der Waals surface area contributed by atoms with Gasteiger partial charge in [0.15, 0.2) is 0 Å². The van der Waals surface area contributed by atoms with Gasteiger partial charge in [-0.3, -0.25) is 0 Å². The molecule has 0 aliphatic carbocycles. The van der Waals surface area contributed by atoms with Gasteiger partial charge in [0.1, 0.15) is 0 Å². The van der Waals surface area contributed by atoms with Crippen LogP contribution in [-0.2, 0) is 6.42 Å². The lowest BCUT2D eigenvalue weighted by Crippen LogP contribution is -1.98. The number of hydrogen-bond acceptors (Lipinski definition) is 3. The van der Waals surface area contributed by atoms with Crippen LogP contribution in [0.3, 0.4) is 0 Å². The first-order chi connectivity index (χ1) is 4.93. The molecule has 1 aromatic rings. The first-order valence-electron chi connectivity index (χ1n) is 3.53. The van der Waals surface area contributed by atoms with Crippen molar-refractivity contribution in [3.8, 4) is 0 Å². The summed E-state index contributed by atoms with van der Waals surface area (Å²) < 4.78 is 4.19. The molecule has 0 fully saturated rings.